The molecule has 6 nitrogen and oxygen atoms in total. The molecule has 0 unspecified atom stereocenters. The third kappa shape index (κ3) is 2.92. The highest BCUT2D eigenvalue weighted by atomic mass is 19.1. The summed E-state index contributed by atoms with van der Waals surface area (Å²) < 4.78 is 32.3. The van der Waals surface area contributed by atoms with E-state index in [4.69, 9.17) is 0 Å². The van der Waals surface area contributed by atoms with Crippen LogP contribution in [0.2, 0.25) is 0 Å². The molecule has 0 fully saturated rings. The molecule has 1 aliphatic rings. The smallest absolute Gasteiger partial charge is 0.268 e. The molecule has 1 N–H and O–H groups in total. The van der Waals surface area contributed by atoms with Crippen molar-refractivity contribution in [2.45, 2.75) is 13.3 Å². The number of hydrogen-bond acceptors (Lipinski definition) is 4. The summed E-state index contributed by atoms with van der Waals surface area (Å²) in [6, 6.07) is 4.16. The van der Waals surface area contributed by atoms with Gasteiger partial charge >= 0.3 is 0 Å². The standard InChI is InChI=1S/C21H17F2N5O/c1-12-9-27-10-14(7-17(23)20(27)26-12)13-6-16(22)19-18(8-13)25-11-28(21(19)29)15-2-4-24-5-3-15/h2,6-11,24H,3-5H2,1H3. The number of aryl methyl sites for hydroxylation is 1. The summed E-state index contributed by atoms with van der Waals surface area (Å²) in [7, 11) is 0. The van der Waals surface area contributed by atoms with Crippen LogP contribution in [-0.4, -0.2) is 32.0 Å². The van der Waals surface area contributed by atoms with Gasteiger partial charge in [-0.15, -0.1) is 0 Å². The van der Waals surface area contributed by atoms with E-state index in [1.807, 2.05) is 6.08 Å². The van der Waals surface area contributed by atoms with Crippen molar-refractivity contribution in [2.24, 2.45) is 0 Å². The largest absolute Gasteiger partial charge is 0.313 e. The van der Waals surface area contributed by atoms with E-state index in [2.05, 4.69) is 15.3 Å². The van der Waals surface area contributed by atoms with E-state index < -0.39 is 17.2 Å². The van der Waals surface area contributed by atoms with E-state index in [1.54, 1.807) is 29.8 Å². The second kappa shape index (κ2) is 6.59. The third-order valence-electron chi connectivity index (χ3n) is 5.12. The van der Waals surface area contributed by atoms with Gasteiger partial charge in [0.1, 0.15) is 17.5 Å². The Balaban J connectivity index is 1.68. The van der Waals surface area contributed by atoms with Gasteiger partial charge in [0.25, 0.3) is 5.56 Å². The van der Waals surface area contributed by atoms with Crippen LogP contribution in [0.4, 0.5) is 8.78 Å². The van der Waals surface area contributed by atoms with Crippen LogP contribution in [0.15, 0.2) is 47.8 Å². The zero-order valence-electron chi connectivity index (χ0n) is 15.6. The Morgan fingerprint density at radius 2 is 1.93 bits per heavy atom. The first-order valence-electron chi connectivity index (χ1n) is 9.27. The maximum Gasteiger partial charge on any atom is 0.268 e. The van der Waals surface area contributed by atoms with Gasteiger partial charge in [-0.25, -0.2) is 18.7 Å². The Bertz CT molecular complexity index is 1370. The molecule has 0 aliphatic carbocycles. The third-order valence-corrected chi connectivity index (χ3v) is 5.12. The van der Waals surface area contributed by atoms with Gasteiger partial charge in [0.05, 0.1) is 11.2 Å². The summed E-state index contributed by atoms with van der Waals surface area (Å²) >= 11 is 0. The molecule has 0 bridgehead atoms. The summed E-state index contributed by atoms with van der Waals surface area (Å²) in [4.78, 5) is 21.3. The van der Waals surface area contributed by atoms with Crippen LogP contribution in [-0.2, 0) is 0 Å². The molecule has 146 valence electrons. The molecule has 1 aromatic carbocycles. The van der Waals surface area contributed by atoms with E-state index in [1.165, 1.54) is 23.0 Å². The number of aromatic nitrogens is 4. The van der Waals surface area contributed by atoms with Crippen LogP contribution in [0.5, 0.6) is 0 Å². The molecule has 4 aromatic rings. The van der Waals surface area contributed by atoms with Crippen LogP contribution in [0.1, 0.15) is 12.1 Å². The van der Waals surface area contributed by atoms with Crippen LogP contribution in [0.25, 0.3) is 33.4 Å². The zero-order chi connectivity index (χ0) is 20.1. The first kappa shape index (κ1) is 17.7. The number of hydrogen-bond donors (Lipinski definition) is 1. The number of halogens is 2. The molecule has 0 saturated carbocycles. The second-order valence-corrected chi connectivity index (χ2v) is 7.11. The molecule has 0 atom stereocenters. The van der Waals surface area contributed by atoms with Gasteiger partial charge in [0.2, 0.25) is 0 Å². The molecule has 29 heavy (non-hydrogen) atoms. The van der Waals surface area contributed by atoms with E-state index in [-0.39, 0.29) is 16.6 Å². The molecular weight excluding hydrogens is 376 g/mol. The zero-order valence-corrected chi connectivity index (χ0v) is 15.6. The Kier molecular flexibility index (Phi) is 4.02. The predicted octanol–water partition coefficient (Wildman–Crippen LogP) is 3.13. The van der Waals surface area contributed by atoms with Gasteiger partial charge in [-0.2, -0.15) is 0 Å². The van der Waals surface area contributed by atoms with Crippen molar-refractivity contribution in [3.05, 3.63) is 70.7 Å². The molecule has 4 heterocycles. The summed E-state index contributed by atoms with van der Waals surface area (Å²) in [5.41, 5.74) is 2.39. The Morgan fingerprint density at radius 3 is 2.72 bits per heavy atom. The Hall–Kier alpha value is -3.39. The maximum atomic E-state index is 15.0. The van der Waals surface area contributed by atoms with E-state index in [0.717, 1.165) is 12.2 Å². The molecule has 0 amide bonds. The normalized spacial score (nSPS) is 14.5. The van der Waals surface area contributed by atoms with Gasteiger partial charge in [0, 0.05) is 43.2 Å². The second-order valence-electron chi connectivity index (χ2n) is 7.11. The van der Waals surface area contributed by atoms with Gasteiger partial charge in [-0.3, -0.25) is 9.36 Å². The number of fused-ring (bicyclic) bond motifs is 2. The maximum absolute atomic E-state index is 15.0. The number of benzene rings is 1. The lowest BCUT2D eigenvalue weighted by atomic mass is 10.0. The van der Waals surface area contributed by atoms with Gasteiger partial charge in [-0.1, -0.05) is 6.08 Å². The fraction of sp³-hybridized carbons (Fsp3) is 0.190. The van der Waals surface area contributed by atoms with Crippen LogP contribution < -0.4 is 10.9 Å². The predicted molar refractivity (Wildman–Crippen MR) is 107 cm³/mol. The number of nitrogens with one attached hydrogen (secondary N) is 1. The summed E-state index contributed by atoms with van der Waals surface area (Å²) in [6.45, 7) is 3.18. The average Bonchev–Trinajstić information content (AvgIpc) is 3.09. The average molecular weight is 393 g/mol. The van der Waals surface area contributed by atoms with Gasteiger partial charge in [0.15, 0.2) is 11.5 Å². The fourth-order valence-corrected chi connectivity index (χ4v) is 3.74. The molecule has 0 spiro atoms. The van der Waals surface area contributed by atoms with Crippen molar-refractivity contribution in [2.75, 3.05) is 13.1 Å². The molecular formula is C21H17F2N5O. The number of imidazole rings is 1. The molecule has 1 aliphatic heterocycles. The highest BCUT2D eigenvalue weighted by molar-refractivity contribution is 5.84. The van der Waals surface area contributed by atoms with Crippen molar-refractivity contribution in [3.63, 3.8) is 0 Å². The molecule has 0 radical (unpaired) electrons. The minimum Gasteiger partial charge on any atom is -0.313 e. The Morgan fingerprint density at radius 1 is 1.10 bits per heavy atom. The van der Waals surface area contributed by atoms with E-state index in [9.17, 15) is 13.6 Å². The molecule has 8 heteroatoms. The van der Waals surface area contributed by atoms with E-state index >= 15 is 0 Å². The lowest BCUT2D eigenvalue weighted by Gasteiger charge is -2.16. The molecule has 5 rings (SSSR count). The molecule has 0 saturated heterocycles. The van der Waals surface area contributed by atoms with E-state index in [0.29, 0.717) is 29.8 Å². The Labute approximate surface area is 164 Å². The minimum atomic E-state index is -0.679. The summed E-state index contributed by atoms with van der Waals surface area (Å²) in [6.07, 6.45) is 7.36. The monoisotopic (exact) mass is 393 g/mol. The topological polar surface area (TPSA) is 64.2 Å². The molecule has 3 aromatic heterocycles. The minimum absolute atomic E-state index is 0.0734. The van der Waals surface area contributed by atoms with Gasteiger partial charge in [-0.05, 0) is 30.7 Å². The first-order chi connectivity index (χ1) is 14.0. The van der Waals surface area contributed by atoms with Crippen LogP contribution in [0.3, 0.4) is 0 Å². The van der Waals surface area contributed by atoms with Crippen LogP contribution >= 0.6 is 0 Å². The number of pyridine rings is 1. The quantitative estimate of drug-likeness (QED) is 0.568. The first-order valence-corrected chi connectivity index (χ1v) is 9.27. The highest BCUT2D eigenvalue weighted by Gasteiger charge is 2.16. The number of nitrogens with zero attached hydrogens (tertiary/aromatic N) is 4. The number of rotatable bonds is 2. The van der Waals surface area contributed by atoms with Gasteiger partial charge < -0.3 is 9.72 Å². The van der Waals surface area contributed by atoms with Crippen molar-refractivity contribution >= 4 is 22.2 Å². The van der Waals surface area contributed by atoms with Crippen molar-refractivity contribution in [3.8, 4) is 11.1 Å². The van der Waals surface area contributed by atoms with Crippen molar-refractivity contribution in [1.82, 2.24) is 24.3 Å². The SMILES string of the molecule is Cc1cn2cc(-c3cc(F)c4c(=O)n(C5=CCNCC5)cnc4c3)cc(F)c2n1. The van der Waals surface area contributed by atoms with Crippen LogP contribution in [0, 0.1) is 18.6 Å². The highest BCUT2D eigenvalue weighted by Crippen LogP contribution is 2.27. The fourth-order valence-electron chi connectivity index (χ4n) is 3.74. The van der Waals surface area contributed by atoms with Crippen molar-refractivity contribution in [1.29, 1.82) is 0 Å². The lowest BCUT2D eigenvalue weighted by molar-refractivity contribution is 0.629. The van der Waals surface area contributed by atoms with Crippen molar-refractivity contribution < 1.29 is 8.78 Å². The lowest BCUT2D eigenvalue weighted by Crippen LogP contribution is -2.27. The summed E-state index contributed by atoms with van der Waals surface area (Å²) in [5, 5.41) is 3.10. The summed E-state index contributed by atoms with van der Waals surface area (Å²) in [5.74, 6) is -1.18.